The van der Waals surface area contributed by atoms with Crippen LogP contribution >= 0.6 is 22.6 Å². The van der Waals surface area contributed by atoms with Gasteiger partial charge in [-0.05, 0) is 139 Å². The zero-order chi connectivity index (χ0) is 73.9. The van der Waals surface area contributed by atoms with Crippen LogP contribution in [0.25, 0.3) is 0 Å². The Morgan fingerprint density at radius 2 is 0.950 bits per heavy atom. The molecule has 34 heteroatoms. The van der Waals surface area contributed by atoms with E-state index in [2.05, 4.69) is 53.8 Å². The van der Waals surface area contributed by atoms with Crippen LogP contribution in [0.4, 0.5) is 82.7 Å². The van der Waals surface area contributed by atoms with Crippen LogP contribution in [-0.2, 0) is 63.0 Å². The molecule has 9 heterocycles. The molecule has 6 aliphatic heterocycles. The predicted molar refractivity (Wildman–Crippen MR) is 359 cm³/mol. The molecule has 6 aromatic rings. The molecule has 27 nitrogen and oxygen atoms in total. The highest BCUT2D eigenvalue weighted by molar-refractivity contribution is 14.1. The number of rotatable bonds is 5. The van der Waals surface area contributed by atoms with Crippen molar-refractivity contribution in [2.45, 2.75) is 189 Å². The van der Waals surface area contributed by atoms with Crippen molar-refractivity contribution in [3.63, 3.8) is 0 Å². The number of ether oxygens (including phenoxy) is 6. The maximum Gasteiger partial charge on any atom is 0.417 e. The van der Waals surface area contributed by atoms with Gasteiger partial charge in [-0.25, -0.2) is 59.9 Å². The number of amides is 8. The van der Waals surface area contributed by atoms with Gasteiger partial charge in [0.05, 0.1) is 133 Å². The van der Waals surface area contributed by atoms with Crippen molar-refractivity contribution in [3.05, 3.63) is 129 Å². The molecule has 0 unspecified atom stereocenters. The number of benzene rings is 3. The highest BCUT2D eigenvalue weighted by Crippen LogP contribution is 2.36. The molecule has 3 aromatic carbocycles. The summed E-state index contributed by atoms with van der Waals surface area (Å²) in [6.07, 6.45) is 2.32. The number of para-hydroxylation sites is 1. The zero-order valence-corrected chi connectivity index (χ0v) is 60.1. The van der Waals surface area contributed by atoms with Gasteiger partial charge >= 0.3 is 42.6 Å². The minimum Gasteiger partial charge on any atom is -0.444 e. The second-order valence-corrected chi connectivity index (χ2v) is 29.2. The summed E-state index contributed by atoms with van der Waals surface area (Å²) in [6, 6.07) is 9.99. The first-order valence-electron chi connectivity index (χ1n) is 31.6. The van der Waals surface area contributed by atoms with E-state index in [0.717, 1.165) is 21.5 Å². The average Bonchev–Trinajstić information content (AvgIpc) is 1.61. The van der Waals surface area contributed by atoms with E-state index in [1.807, 2.05) is 98.6 Å². The summed E-state index contributed by atoms with van der Waals surface area (Å²) in [5.74, 6) is -8.51. The van der Waals surface area contributed by atoms with Gasteiger partial charge in [0.15, 0.2) is 34.9 Å². The number of hydrogen-bond acceptors (Lipinski definition) is 16. The molecule has 0 saturated carbocycles. The molecule has 12 rings (SSSR count). The molecular formula is C66H81F6IN14O13. The normalized spacial score (nSPS) is 19.1. The highest BCUT2D eigenvalue weighted by atomic mass is 127. The lowest BCUT2D eigenvalue weighted by molar-refractivity contribution is 0.00802. The molecule has 3 saturated heterocycles. The summed E-state index contributed by atoms with van der Waals surface area (Å²) < 4.78 is 116. The Hall–Kier alpha value is -9.51. The first kappa shape index (κ1) is 76.2. The van der Waals surface area contributed by atoms with Crippen LogP contribution in [0.3, 0.4) is 0 Å². The molecule has 3 aromatic heterocycles. The minimum absolute atomic E-state index is 0.0444. The molecule has 542 valence electrons. The van der Waals surface area contributed by atoms with Crippen molar-refractivity contribution in [1.29, 1.82) is 0 Å². The summed E-state index contributed by atoms with van der Waals surface area (Å²) in [6.45, 7) is 32.1. The second kappa shape index (κ2) is 30.1. The number of urea groups is 1. The number of nitrogens with one attached hydrogen (secondary N) is 3. The smallest absolute Gasteiger partial charge is 0.417 e. The number of anilines is 4. The van der Waals surface area contributed by atoms with Gasteiger partial charge in [0.2, 0.25) is 0 Å². The maximum atomic E-state index is 13.4. The molecule has 0 aliphatic carbocycles. The molecule has 100 heavy (non-hydrogen) atoms. The molecule has 8 amide bonds. The molecule has 3 fully saturated rings. The van der Waals surface area contributed by atoms with E-state index in [1.165, 1.54) is 21.9 Å². The number of aromatic nitrogens is 6. The van der Waals surface area contributed by atoms with Gasteiger partial charge in [-0.15, -0.1) is 0 Å². The Bertz CT molecular complexity index is 4000. The number of nitrogens with zero attached hydrogens (tertiary/aromatic N) is 11. The van der Waals surface area contributed by atoms with Crippen molar-refractivity contribution in [1.82, 2.24) is 49.4 Å². The molecule has 3 N–H and O–H groups in total. The average molecular weight is 1520 g/mol. The third-order valence-electron chi connectivity index (χ3n) is 15.4. The van der Waals surface area contributed by atoms with Gasteiger partial charge in [0.1, 0.15) is 33.8 Å². The van der Waals surface area contributed by atoms with Gasteiger partial charge in [0, 0.05) is 30.0 Å². The summed E-state index contributed by atoms with van der Waals surface area (Å²) in [4.78, 5) is 91.6. The lowest BCUT2D eigenvalue weighted by atomic mass is 10.1. The summed E-state index contributed by atoms with van der Waals surface area (Å²) in [7, 11) is 0. The molecule has 0 radical (unpaired) electrons. The molecule has 6 aliphatic rings. The molecular weight excluding hydrogens is 1440 g/mol. The van der Waals surface area contributed by atoms with Crippen LogP contribution in [-0.4, -0.2) is 152 Å². The van der Waals surface area contributed by atoms with Crippen molar-refractivity contribution in [2.75, 3.05) is 40.1 Å². The van der Waals surface area contributed by atoms with Crippen molar-refractivity contribution in [3.8, 4) is 5.75 Å². The lowest BCUT2D eigenvalue weighted by Crippen LogP contribution is -2.47. The maximum absolute atomic E-state index is 13.4. The molecule has 0 spiro atoms. The van der Waals surface area contributed by atoms with E-state index in [0.29, 0.717) is 87.1 Å². The molecule has 3 atom stereocenters. The number of halogens is 7. The highest BCUT2D eigenvalue weighted by Gasteiger charge is 2.44. The number of fused-ring (bicyclic) bond motifs is 3. The van der Waals surface area contributed by atoms with Crippen LogP contribution < -0.4 is 30.5 Å². The largest absolute Gasteiger partial charge is 0.444 e. The minimum atomic E-state index is -1.60. The van der Waals surface area contributed by atoms with Crippen LogP contribution in [0, 0.1) is 38.5 Å². The summed E-state index contributed by atoms with van der Waals surface area (Å²) >= 11 is 2.25. The third kappa shape index (κ3) is 19.5. The van der Waals surface area contributed by atoms with Crippen molar-refractivity contribution >= 4 is 87.9 Å². The van der Waals surface area contributed by atoms with Gasteiger partial charge in [0.25, 0.3) is 0 Å². The number of cyclic esters (lactones) is 3. The van der Waals surface area contributed by atoms with Crippen LogP contribution in [0.2, 0.25) is 0 Å². The fourth-order valence-electron chi connectivity index (χ4n) is 10.7. The number of carbonyl (C=O) groups is 7. The Labute approximate surface area is 586 Å². The van der Waals surface area contributed by atoms with Gasteiger partial charge in [-0.2, -0.15) is 15.3 Å². The van der Waals surface area contributed by atoms with Gasteiger partial charge in [-0.3, -0.25) is 39.0 Å². The second-order valence-electron chi connectivity index (χ2n) is 28.0. The van der Waals surface area contributed by atoms with E-state index < -0.39 is 75.5 Å². The van der Waals surface area contributed by atoms with Gasteiger partial charge < -0.3 is 44.0 Å². The van der Waals surface area contributed by atoms with Crippen LogP contribution in [0.1, 0.15) is 121 Å². The van der Waals surface area contributed by atoms with Gasteiger partial charge in [-0.1, -0.05) is 18.2 Å². The summed E-state index contributed by atoms with van der Waals surface area (Å²) in [5, 5.41) is 20.0. The fourth-order valence-corrected chi connectivity index (χ4v) is 11.3. The SMILES string of the molecule is CC1(C)CNC(=O)O1.C[C@H]1Cn2ncc(I)c2CN1C(=O)OC(C)(C)C.C[C@H]1Cn2ncc(N3CC(C)(C)OC3=O)c2CN1C(=O)Nc1cc(F)c(F)c(F)c1.C[C@H]1Cn2ncc(N3CC(C)(C)OC3=O)c2CN1C(=O)OC(C)(C)C.O=C(Nc1cc(F)c(F)c(F)c1)Oc1ccccc1. The number of alkyl carbamates (subject to hydrolysis) is 1. The fraction of sp³-hybridized carbons (Fsp3) is 0.485. The van der Waals surface area contributed by atoms with E-state index in [-0.39, 0.29) is 71.8 Å². The topological polar surface area (TPSA) is 281 Å². The van der Waals surface area contributed by atoms with Crippen molar-refractivity contribution < 1.29 is 88.3 Å². The molecule has 0 bridgehead atoms. The summed E-state index contributed by atoms with van der Waals surface area (Å²) in [5.41, 5.74) is 0.821. The third-order valence-corrected chi connectivity index (χ3v) is 16.3. The quantitative estimate of drug-likeness (QED) is 0.0626. The lowest BCUT2D eigenvalue weighted by Gasteiger charge is -2.35. The monoisotopic (exact) mass is 1520 g/mol. The van der Waals surface area contributed by atoms with E-state index in [4.69, 9.17) is 28.4 Å². The standard InChI is InChI=1S/C19H20F3N5O3.C17H26N4O4.C13H8F3NO2.C12H18IN3O2.C5H9NO2/c1-10-7-27-15(14(6-23-27)26-9-19(2,3)30-18(26)29)8-25(10)17(28)24-11-4-12(20)16(22)13(21)5-11;1-11-8-21-13(9-19(11)14(22)24-16(2,3)4)12(7-18-21)20-10-17(5,6)25-15(20)23;14-10-6-8(7-11(15)12(10)16)17-13(18)19-9-4-2-1-3-5-9;1-8-6-16-10(9(13)5-14-16)7-15(8)11(17)18-12(2,3)4;1-5(2)3-6-4(7)8-5/h4-6,10H,7-9H2,1-3H3,(H,24,28);7,11H,8-10H2,1-6H3;1-7H,(H,17,18);5,8H,6-7H2,1-4H3;3H2,1-2H3,(H,6,7)/t10-;11-;;8-;/m00.0./s1. The first-order chi connectivity index (χ1) is 46.5. The van der Waals surface area contributed by atoms with E-state index in [9.17, 15) is 59.9 Å². The Morgan fingerprint density at radius 1 is 0.560 bits per heavy atom. The first-order valence-corrected chi connectivity index (χ1v) is 32.7. The van der Waals surface area contributed by atoms with Crippen LogP contribution in [0.15, 0.2) is 73.2 Å². The zero-order valence-electron chi connectivity index (χ0n) is 57.9. The van der Waals surface area contributed by atoms with E-state index >= 15 is 0 Å². The Kier molecular flexibility index (Phi) is 23.0. The predicted octanol–water partition coefficient (Wildman–Crippen LogP) is 13.1. The number of carbonyl (C=O) groups excluding carboxylic acids is 7. The van der Waals surface area contributed by atoms with Crippen molar-refractivity contribution in [2.24, 2.45) is 0 Å². The van der Waals surface area contributed by atoms with Crippen LogP contribution in [0.5, 0.6) is 5.75 Å². The Balaban J connectivity index is 0.000000166. The Morgan fingerprint density at radius 3 is 1.33 bits per heavy atom. The van der Waals surface area contributed by atoms with E-state index in [1.54, 1.807) is 70.7 Å². The number of hydrogen-bond donors (Lipinski definition) is 3.